The zero-order valence-corrected chi connectivity index (χ0v) is 10.9. The minimum Gasteiger partial charge on any atom is -0.366 e. The first-order valence-electron chi connectivity index (χ1n) is 5.68. The van der Waals surface area contributed by atoms with E-state index in [1.165, 1.54) is 12.1 Å². The minimum atomic E-state index is -3.85. The summed E-state index contributed by atoms with van der Waals surface area (Å²) in [5.41, 5.74) is 0.413. The lowest BCUT2D eigenvalue weighted by Crippen LogP contribution is -2.49. The van der Waals surface area contributed by atoms with Crippen LogP contribution in [0.3, 0.4) is 0 Å². The number of piperazine rings is 1. The first-order chi connectivity index (χ1) is 8.38. The molecule has 1 aromatic rings. The Morgan fingerprint density at radius 2 is 2.22 bits per heavy atom. The van der Waals surface area contributed by atoms with Crippen molar-refractivity contribution in [3.8, 4) is 0 Å². The topological polar surface area (TPSA) is 75.4 Å². The van der Waals surface area contributed by atoms with Crippen molar-refractivity contribution in [1.29, 1.82) is 0 Å². The third kappa shape index (κ3) is 2.80. The largest absolute Gasteiger partial charge is 0.366 e. The van der Waals surface area contributed by atoms with Gasteiger partial charge in [0.2, 0.25) is 10.0 Å². The Kier molecular flexibility index (Phi) is 3.56. The molecule has 0 aliphatic carbocycles. The minimum absolute atomic E-state index is 0.202. The molecule has 1 heterocycles. The van der Waals surface area contributed by atoms with Crippen LogP contribution in [-0.2, 0) is 10.0 Å². The lowest BCUT2D eigenvalue weighted by Gasteiger charge is -2.33. The Morgan fingerprint density at radius 1 is 1.50 bits per heavy atom. The van der Waals surface area contributed by atoms with E-state index in [1.54, 1.807) is 0 Å². The SMILES string of the molecule is C[C@H]1CN(c2ccc(S(N)(=O)=O)cc2F)CCN1. The van der Waals surface area contributed by atoms with Gasteiger partial charge in [-0.05, 0) is 25.1 Å². The number of benzene rings is 1. The maximum atomic E-state index is 13.9. The zero-order chi connectivity index (χ0) is 13.3. The van der Waals surface area contributed by atoms with Crippen LogP contribution in [-0.4, -0.2) is 34.1 Å². The smallest absolute Gasteiger partial charge is 0.238 e. The van der Waals surface area contributed by atoms with Gasteiger partial charge in [-0.15, -0.1) is 0 Å². The van der Waals surface area contributed by atoms with Gasteiger partial charge in [0.15, 0.2) is 0 Å². The average molecular weight is 273 g/mol. The molecule has 100 valence electrons. The molecule has 1 fully saturated rings. The van der Waals surface area contributed by atoms with Crippen molar-refractivity contribution in [2.45, 2.75) is 17.9 Å². The molecule has 0 spiro atoms. The van der Waals surface area contributed by atoms with Crippen LogP contribution in [0.25, 0.3) is 0 Å². The molecule has 7 heteroatoms. The maximum absolute atomic E-state index is 13.9. The van der Waals surface area contributed by atoms with Gasteiger partial charge in [0, 0.05) is 25.7 Å². The molecule has 5 nitrogen and oxygen atoms in total. The number of nitrogens with zero attached hydrogens (tertiary/aromatic N) is 1. The number of hydrogen-bond acceptors (Lipinski definition) is 4. The maximum Gasteiger partial charge on any atom is 0.238 e. The molecule has 1 aromatic carbocycles. The molecule has 0 unspecified atom stereocenters. The highest BCUT2D eigenvalue weighted by Crippen LogP contribution is 2.23. The van der Waals surface area contributed by atoms with Gasteiger partial charge in [-0.2, -0.15) is 0 Å². The van der Waals surface area contributed by atoms with Crippen molar-refractivity contribution >= 4 is 15.7 Å². The van der Waals surface area contributed by atoms with Crippen molar-refractivity contribution in [3.05, 3.63) is 24.0 Å². The second-order valence-corrected chi connectivity index (χ2v) is 6.02. The highest BCUT2D eigenvalue weighted by atomic mass is 32.2. The van der Waals surface area contributed by atoms with E-state index in [9.17, 15) is 12.8 Å². The lowest BCUT2D eigenvalue weighted by atomic mass is 10.2. The van der Waals surface area contributed by atoms with Crippen LogP contribution >= 0.6 is 0 Å². The Labute approximate surface area is 106 Å². The molecule has 0 aromatic heterocycles. The second kappa shape index (κ2) is 4.83. The molecule has 0 radical (unpaired) electrons. The van der Waals surface area contributed by atoms with Gasteiger partial charge in [-0.25, -0.2) is 17.9 Å². The summed E-state index contributed by atoms with van der Waals surface area (Å²) in [5.74, 6) is -0.560. The van der Waals surface area contributed by atoms with Crippen LogP contribution in [0.1, 0.15) is 6.92 Å². The number of halogens is 1. The van der Waals surface area contributed by atoms with Gasteiger partial charge in [-0.3, -0.25) is 0 Å². The van der Waals surface area contributed by atoms with Gasteiger partial charge in [-0.1, -0.05) is 0 Å². The summed E-state index contributed by atoms with van der Waals surface area (Å²) < 4.78 is 36.1. The highest BCUT2D eigenvalue weighted by molar-refractivity contribution is 7.89. The Hall–Kier alpha value is -1.18. The number of nitrogens with one attached hydrogen (secondary N) is 1. The van der Waals surface area contributed by atoms with Gasteiger partial charge in [0.05, 0.1) is 10.6 Å². The van der Waals surface area contributed by atoms with Crippen LogP contribution in [0, 0.1) is 5.82 Å². The predicted molar refractivity (Wildman–Crippen MR) is 67.5 cm³/mol. The number of hydrogen-bond donors (Lipinski definition) is 2. The van der Waals surface area contributed by atoms with Crippen LogP contribution in [0.15, 0.2) is 23.1 Å². The average Bonchev–Trinajstić information content (AvgIpc) is 2.27. The van der Waals surface area contributed by atoms with Crippen molar-refractivity contribution in [3.63, 3.8) is 0 Å². The van der Waals surface area contributed by atoms with Gasteiger partial charge >= 0.3 is 0 Å². The van der Waals surface area contributed by atoms with Gasteiger partial charge in [0.1, 0.15) is 5.82 Å². The molecule has 18 heavy (non-hydrogen) atoms. The van der Waals surface area contributed by atoms with Crippen LogP contribution < -0.4 is 15.4 Å². The van der Waals surface area contributed by atoms with Gasteiger partial charge in [0.25, 0.3) is 0 Å². The summed E-state index contributed by atoms with van der Waals surface area (Å²) in [6, 6.07) is 4.04. The molecular formula is C11H16FN3O2S. The first kappa shape index (κ1) is 13.3. The molecule has 1 aliphatic rings. The fourth-order valence-electron chi connectivity index (χ4n) is 2.07. The van der Waals surface area contributed by atoms with Crippen LogP contribution in [0.4, 0.5) is 10.1 Å². The van der Waals surface area contributed by atoms with Crippen LogP contribution in [0.2, 0.25) is 0 Å². The molecule has 0 amide bonds. The Balaban J connectivity index is 2.30. The third-order valence-electron chi connectivity index (χ3n) is 2.96. The first-order valence-corrected chi connectivity index (χ1v) is 7.23. The fraction of sp³-hybridized carbons (Fsp3) is 0.455. The number of primary sulfonamides is 1. The van der Waals surface area contributed by atoms with E-state index in [0.29, 0.717) is 18.8 Å². The molecule has 0 saturated carbocycles. The monoisotopic (exact) mass is 273 g/mol. The summed E-state index contributed by atoms with van der Waals surface area (Å²) in [6.45, 7) is 4.17. The summed E-state index contributed by atoms with van der Waals surface area (Å²) in [6.07, 6.45) is 0. The Bertz CT molecular complexity index is 547. The lowest BCUT2D eigenvalue weighted by molar-refractivity contribution is 0.478. The van der Waals surface area contributed by atoms with Crippen molar-refractivity contribution < 1.29 is 12.8 Å². The molecule has 3 N–H and O–H groups in total. The highest BCUT2D eigenvalue weighted by Gasteiger charge is 2.20. The van der Waals surface area contributed by atoms with Crippen molar-refractivity contribution in [1.82, 2.24) is 5.32 Å². The molecule has 1 aliphatic heterocycles. The summed E-state index contributed by atoms with van der Waals surface area (Å²) in [4.78, 5) is 1.69. The van der Waals surface area contributed by atoms with E-state index in [1.807, 2.05) is 11.8 Å². The standard InChI is InChI=1S/C11H16FN3O2S/c1-8-7-15(5-4-14-8)11-3-2-9(6-10(11)12)18(13,16)17/h2-3,6,8,14H,4-5,7H2,1H3,(H2,13,16,17)/t8-/m0/s1. The molecular weight excluding hydrogens is 257 g/mol. The van der Waals surface area contributed by atoms with E-state index in [-0.39, 0.29) is 10.9 Å². The molecule has 2 rings (SSSR count). The van der Waals surface area contributed by atoms with Gasteiger partial charge < -0.3 is 10.2 Å². The summed E-state index contributed by atoms with van der Waals surface area (Å²) in [5, 5.41) is 8.21. The van der Waals surface area contributed by atoms with E-state index in [0.717, 1.165) is 12.6 Å². The fourth-order valence-corrected chi connectivity index (χ4v) is 2.60. The predicted octanol–water partition coefficient (Wildman–Crippen LogP) is 0.271. The van der Waals surface area contributed by atoms with Crippen molar-refractivity contribution in [2.24, 2.45) is 5.14 Å². The normalized spacial score (nSPS) is 21.1. The summed E-state index contributed by atoms with van der Waals surface area (Å²) in [7, 11) is -3.85. The summed E-state index contributed by atoms with van der Waals surface area (Å²) >= 11 is 0. The van der Waals surface area contributed by atoms with E-state index < -0.39 is 15.8 Å². The van der Waals surface area contributed by atoms with Crippen molar-refractivity contribution in [2.75, 3.05) is 24.5 Å². The third-order valence-corrected chi connectivity index (χ3v) is 3.87. The number of rotatable bonds is 2. The van der Waals surface area contributed by atoms with E-state index >= 15 is 0 Å². The second-order valence-electron chi connectivity index (χ2n) is 4.46. The quantitative estimate of drug-likeness (QED) is 0.811. The molecule has 0 bridgehead atoms. The number of nitrogens with two attached hydrogens (primary N) is 1. The Morgan fingerprint density at radius 3 is 2.78 bits per heavy atom. The number of anilines is 1. The van der Waals surface area contributed by atoms with E-state index in [4.69, 9.17) is 5.14 Å². The molecule has 1 atom stereocenters. The number of sulfonamides is 1. The van der Waals surface area contributed by atoms with Crippen LogP contribution in [0.5, 0.6) is 0 Å². The van der Waals surface area contributed by atoms with E-state index in [2.05, 4.69) is 5.32 Å². The zero-order valence-electron chi connectivity index (χ0n) is 10.1. The molecule has 1 saturated heterocycles.